The topological polar surface area (TPSA) is 34.1 Å². The van der Waals surface area contributed by atoms with Crippen molar-refractivity contribution < 1.29 is 8.42 Å². The lowest BCUT2D eigenvalue weighted by atomic mass is 11.7. The number of alkyl halides is 4. The van der Waals surface area contributed by atoms with Gasteiger partial charge in [-0.15, -0.1) is 0 Å². The molecule has 0 saturated carbocycles. The second-order valence-electron chi connectivity index (χ2n) is 1.46. The molecule has 8 heteroatoms. The van der Waals surface area contributed by atoms with Crippen molar-refractivity contribution in [3.05, 3.63) is 0 Å². The van der Waals surface area contributed by atoms with Gasteiger partial charge in [0.15, 0.2) is 0 Å². The highest BCUT2D eigenvalue weighted by Crippen LogP contribution is 2.56. The van der Waals surface area contributed by atoms with E-state index in [1.165, 1.54) is 0 Å². The molecule has 0 aromatic rings. The molecule has 60 valence electrons. The summed E-state index contributed by atoms with van der Waals surface area (Å²) in [4.78, 5) is 0. The van der Waals surface area contributed by atoms with Crippen LogP contribution in [0.2, 0.25) is 0 Å². The molecule has 0 radical (unpaired) electrons. The molecule has 1 rings (SSSR count). The van der Waals surface area contributed by atoms with E-state index in [2.05, 4.69) is 0 Å². The SMILES string of the molecule is O=S1C(Cl)(Cl)S(=O)C1(Cl)Cl. The maximum absolute atomic E-state index is 10.8. The molecule has 0 amide bonds. The van der Waals surface area contributed by atoms with Crippen LogP contribution in [0.1, 0.15) is 0 Å². The van der Waals surface area contributed by atoms with Crippen molar-refractivity contribution in [2.45, 2.75) is 5.99 Å². The van der Waals surface area contributed by atoms with Gasteiger partial charge in [0.2, 0.25) is 0 Å². The van der Waals surface area contributed by atoms with Crippen LogP contribution in [0.5, 0.6) is 0 Å². The minimum Gasteiger partial charge on any atom is -0.251 e. The van der Waals surface area contributed by atoms with E-state index >= 15 is 0 Å². The van der Waals surface area contributed by atoms with Crippen molar-refractivity contribution in [3.8, 4) is 0 Å². The molecule has 1 saturated heterocycles. The van der Waals surface area contributed by atoms with E-state index < -0.39 is 27.6 Å². The van der Waals surface area contributed by atoms with Gasteiger partial charge in [-0.25, -0.2) is 0 Å². The van der Waals surface area contributed by atoms with Crippen LogP contribution in [-0.4, -0.2) is 14.4 Å². The van der Waals surface area contributed by atoms with Gasteiger partial charge in [0.25, 0.3) is 5.99 Å². The Labute approximate surface area is 82.1 Å². The lowest BCUT2D eigenvalue weighted by Gasteiger charge is -2.37. The molecule has 2 nitrogen and oxygen atoms in total. The average molecular weight is 262 g/mol. The number of hydrogen-bond donors (Lipinski definition) is 0. The zero-order valence-electron chi connectivity index (χ0n) is 4.14. The van der Waals surface area contributed by atoms with Gasteiger partial charge in [-0.1, -0.05) is 46.4 Å². The third-order valence-electron chi connectivity index (χ3n) is 0.863. The maximum atomic E-state index is 10.8. The lowest BCUT2D eigenvalue weighted by molar-refractivity contribution is 0.663. The summed E-state index contributed by atoms with van der Waals surface area (Å²) >= 11 is 21.1. The fourth-order valence-electron chi connectivity index (χ4n) is 0.380. The van der Waals surface area contributed by atoms with Gasteiger partial charge >= 0.3 is 0 Å². The van der Waals surface area contributed by atoms with Gasteiger partial charge in [-0.05, 0) is 0 Å². The molecule has 0 bridgehead atoms. The summed E-state index contributed by atoms with van der Waals surface area (Å²) in [6.07, 6.45) is 0. The summed E-state index contributed by atoms with van der Waals surface area (Å²) in [6, 6.07) is 0. The molecule has 1 aliphatic rings. The molecular weight excluding hydrogens is 262 g/mol. The minimum absolute atomic E-state index is 1.80. The summed E-state index contributed by atoms with van der Waals surface area (Å²) in [5.41, 5.74) is 0. The standard InChI is InChI=1S/C2Cl4O2S2/c3-1(4)9(7)2(5,6)10(1)8. The number of hydrogen-bond acceptors (Lipinski definition) is 2. The molecule has 10 heavy (non-hydrogen) atoms. The Morgan fingerprint density at radius 3 is 1.10 bits per heavy atom. The molecular formula is C2Cl4O2S2. The largest absolute Gasteiger partial charge is 0.274 e. The van der Waals surface area contributed by atoms with E-state index in [4.69, 9.17) is 46.4 Å². The van der Waals surface area contributed by atoms with E-state index in [1.54, 1.807) is 0 Å². The molecule has 0 aromatic heterocycles. The average Bonchev–Trinajstić information content (AvgIpc) is 1.84. The first-order valence-electron chi connectivity index (χ1n) is 1.91. The van der Waals surface area contributed by atoms with Gasteiger partial charge in [0.05, 0.1) is 0 Å². The van der Waals surface area contributed by atoms with Crippen LogP contribution in [0.3, 0.4) is 0 Å². The first-order valence-corrected chi connectivity index (χ1v) is 5.72. The molecule has 1 aliphatic heterocycles. The van der Waals surface area contributed by atoms with Gasteiger partial charge in [0, 0.05) is 0 Å². The Bertz CT molecular complexity index is 183. The van der Waals surface area contributed by atoms with Crippen LogP contribution in [0.25, 0.3) is 0 Å². The zero-order valence-corrected chi connectivity index (χ0v) is 8.80. The van der Waals surface area contributed by atoms with Crippen LogP contribution in [-0.2, 0) is 21.6 Å². The molecule has 1 heterocycles. The zero-order chi connectivity index (χ0) is 8.15. The Morgan fingerprint density at radius 2 is 1.00 bits per heavy atom. The van der Waals surface area contributed by atoms with Gasteiger partial charge in [-0.2, -0.15) is 0 Å². The molecule has 0 aromatic carbocycles. The van der Waals surface area contributed by atoms with Crippen molar-refractivity contribution >= 4 is 68.0 Å². The molecule has 0 unspecified atom stereocenters. The predicted octanol–water partition coefficient (Wildman–Crippen LogP) is 1.68. The number of halogens is 4. The molecule has 0 aliphatic carbocycles. The lowest BCUT2D eigenvalue weighted by Crippen LogP contribution is -2.55. The Kier molecular flexibility index (Phi) is 2.36. The Balaban J connectivity index is 3.00. The minimum atomic E-state index is -1.88. The van der Waals surface area contributed by atoms with E-state index in [0.717, 1.165) is 0 Å². The summed E-state index contributed by atoms with van der Waals surface area (Å²) < 4.78 is 18.0. The smallest absolute Gasteiger partial charge is 0.251 e. The van der Waals surface area contributed by atoms with Crippen LogP contribution >= 0.6 is 46.4 Å². The molecule has 0 N–H and O–H groups in total. The second-order valence-corrected chi connectivity index (χ2v) is 9.95. The highest BCUT2D eigenvalue weighted by Gasteiger charge is 2.68. The van der Waals surface area contributed by atoms with Gasteiger partial charge in [0.1, 0.15) is 21.6 Å². The van der Waals surface area contributed by atoms with Crippen molar-refractivity contribution in [3.63, 3.8) is 0 Å². The summed E-state index contributed by atoms with van der Waals surface area (Å²) in [5.74, 6) is 0. The summed E-state index contributed by atoms with van der Waals surface area (Å²) in [5, 5.41) is 0. The van der Waals surface area contributed by atoms with Crippen molar-refractivity contribution in [1.82, 2.24) is 0 Å². The summed E-state index contributed by atoms with van der Waals surface area (Å²) in [7, 11) is -3.76. The highest BCUT2D eigenvalue weighted by atomic mass is 35.5. The van der Waals surface area contributed by atoms with Crippen LogP contribution in [0.4, 0.5) is 0 Å². The molecule has 0 atom stereocenters. The fourth-order valence-corrected chi connectivity index (χ4v) is 7.79. The first-order chi connectivity index (χ1) is 4.31. The monoisotopic (exact) mass is 260 g/mol. The van der Waals surface area contributed by atoms with Crippen molar-refractivity contribution in [2.24, 2.45) is 0 Å². The normalized spacial score (nSPS) is 42.4. The van der Waals surface area contributed by atoms with Crippen LogP contribution in [0, 0.1) is 0 Å². The summed E-state index contributed by atoms with van der Waals surface area (Å²) in [6.45, 7) is 0. The van der Waals surface area contributed by atoms with E-state index in [0.29, 0.717) is 0 Å². The second kappa shape index (κ2) is 2.47. The predicted molar refractivity (Wildman–Crippen MR) is 45.2 cm³/mol. The first kappa shape index (κ1) is 9.55. The van der Waals surface area contributed by atoms with E-state index in [9.17, 15) is 8.42 Å². The van der Waals surface area contributed by atoms with E-state index in [-0.39, 0.29) is 0 Å². The van der Waals surface area contributed by atoms with Crippen molar-refractivity contribution in [1.29, 1.82) is 0 Å². The Hall–Kier alpha value is 1.46. The third kappa shape index (κ3) is 1.04. The van der Waals surface area contributed by atoms with Crippen molar-refractivity contribution in [2.75, 3.05) is 0 Å². The van der Waals surface area contributed by atoms with Gasteiger partial charge in [-0.3, -0.25) is 8.42 Å². The quantitative estimate of drug-likeness (QED) is 0.622. The third-order valence-corrected chi connectivity index (χ3v) is 7.77. The Morgan fingerprint density at radius 1 is 0.800 bits per heavy atom. The maximum Gasteiger partial charge on any atom is 0.274 e. The molecule has 0 spiro atoms. The fraction of sp³-hybridized carbons (Fsp3) is 1.00. The van der Waals surface area contributed by atoms with Crippen LogP contribution in [0.15, 0.2) is 0 Å². The van der Waals surface area contributed by atoms with Gasteiger partial charge < -0.3 is 0 Å². The molecule has 1 fully saturated rings. The van der Waals surface area contributed by atoms with E-state index in [1.807, 2.05) is 0 Å². The number of rotatable bonds is 0. The highest BCUT2D eigenvalue weighted by molar-refractivity contribution is 8.28. The van der Waals surface area contributed by atoms with Crippen LogP contribution < -0.4 is 0 Å².